The molecule has 1 unspecified atom stereocenters. The molecule has 0 heterocycles. The molecule has 1 aromatic carbocycles. The highest BCUT2D eigenvalue weighted by atomic mass is 16.3. The minimum Gasteiger partial charge on any atom is -0.395 e. The lowest BCUT2D eigenvalue weighted by Crippen LogP contribution is -2.21. The maximum absolute atomic E-state index is 8.98. The summed E-state index contributed by atoms with van der Waals surface area (Å²) < 4.78 is 0. The summed E-state index contributed by atoms with van der Waals surface area (Å²) in [7, 11) is 0. The van der Waals surface area contributed by atoms with Crippen LogP contribution in [0.1, 0.15) is 19.4 Å². The Labute approximate surface area is 103 Å². The zero-order valence-corrected chi connectivity index (χ0v) is 10.6. The Balaban J connectivity index is 2.71. The van der Waals surface area contributed by atoms with Gasteiger partial charge in [0, 0.05) is 18.8 Å². The molecule has 3 heteroatoms. The van der Waals surface area contributed by atoms with E-state index in [1.54, 1.807) is 0 Å². The summed E-state index contributed by atoms with van der Waals surface area (Å²) in [5, 5.41) is 17.8. The van der Waals surface area contributed by atoms with Crippen molar-refractivity contribution in [3.8, 4) is 6.07 Å². The average molecular weight is 232 g/mol. The molecule has 1 N–H and O–H groups in total. The second-order valence-electron chi connectivity index (χ2n) is 4.05. The zero-order valence-electron chi connectivity index (χ0n) is 10.6. The fourth-order valence-electron chi connectivity index (χ4n) is 1.87. The lowest BCUT2D eigenvalue weighted by atomic mass is 10.0. The fourth-order valence-corrected chi connectivity index (χ4v) is 1.87. The SMILES string of the molecule is CCN(CC)c1ccc(CC(C#N)CO)cc1. The number of rotatable bonds is 6. The number of anilines is 1. The first kappa shape index (κ1) is 13.5. The van der Waals surface area contributed by atoms with Crippen molar-refractivity contribution in [1.29, 1.82) is 5.26 Å². The normalized spacial score (nSPS) is 11.9. The predicted molar refractivity (Wildman–Crippen MR) is 69.9 cm³/mol. The lowest BCUT2D eigenvalue weighted by molar-refractivity contribution is 0.255. The number of aliphatic hydroxyl groups excluding tert-OH is 1. The smallest absolute Gasteiger partial charge is 0.0734 e. The maximum Gasteiger partial charge on any atom is 0.0734 e. The quantitative estimate of drug-likeness (QED) is 0.818. The van der Waals surface area contributed by atoms with Crippen molar-refractivity contribution in [2.45, 2.75) is 20.3 Å². The third kappa shape index (κ3) is 3.76. The van der Waals surface area contributed by atoms with Crippen LogP contribution in [-0.2, 0) is 6.42 Å². The van der Waals surface area contributed by atoms with Crippen molar-refractivity contribution in [3.05, 3.63) is 29.8 Å². The fraction of sp³-hybridized carbons (Fsp3) is 0.500. The number of aliphatic hydroxyl groups is 1. The topological polar surface area (TPSA) is 47.3 Å². The Morgan fingerprint density at radius 1 is 1.24 bits per heavy atom. The molecule has 1 atom stereocenters. The van der Waals surface area contributed by atoms with Crippen molar-refractivity contribution in [2.75, 3.05) is 24.6 Å². The summed E-state index contributed by atoms with van der Waals surface area (Å²) in [6, 6.07) is 10.3. The van der Waals surface area contributed by atoms with Gasteiger partial charge in [-0.25, -0.2) is 0 Å². The van der Waals surface area contributed by atoms with E-state index in [0.29, 0.717) is 6.42 Å². The zero-order chi connectivity index (χ0) is 12.7. The van der Waals surface area contributed by atoms with Gasteiger partial charge in [0.25, 0.3) is 0 Å². The summed E-state index contributed by atoms with van der Waals surface area (Å²) in [5.74, 6) is -0.297. The Kier molecular flexibility index (Phi) is 5.51. The lowest BCUT2D eigenvalue weighted by Gasteiger charge is -2.21. The summed E-state index contributed by atoms with van der Waals surface area (Å²) in [6.45, 7) is 6.18. The molecule has 92 valence electrons. The van der Waals surface area contributed by atoms with E-state index in [1.807, 2.05) is 12.1 Å². The molecule has 17 heavy (non-hydrogen) atoms. The van der Waals surface area contributed by atoms with Gasteiger partial charge in [-0.2, -0.15) is 5.26 Å². The molecule has 0 radical (unpaired) electrons. The van der Waals surface area contributed by atoms with E-state index in [1.165, 1.54) is 5.69 Å². The van der Waals surface area contributed by atoms with Crippen LogP contribution in [0.5, 0.6) is 0 Å². The van der Waals surface area contributed by atoms with Crippen LogP contribution in [0.2, 0.25) is 0 Å². The van der Waals surface area contributed by atoms with Gasteiger partial charge in [0.2, 0.25) is 0 Å². The highest BCUT2D eigenvalue weighted by Gasteiger charge is 2.07. The van der Waals surface area contributed by atoms with Crippen molar-refractivity contribution >= 4 is 5.69 Å². The summed E-state index contributed by atoms with van der Waals surface area (Å²) in [5.41, 5.74) is 2.30. The van der Waals surface area contributed by atoms with Crippen LogP contribution in [0.3, 0.4) is 0 Å². The van der Waals surface area contributed by atoms with E-state index in [4.69, 9.17) is 10.4 Å². The van der Waals surface area contributed by atoms with Gasteiger partial charge in [0.15, 0.2) is 0 Å². The van der Waals surface area contributed by atoms with Gasteiger partial charge in [-0.3, -0.25) is 0 Å². The molecule has 0 saturated heterocycles. The molecule has 0 spiro atoms. The molecule has 0 aliphatic heterocycles. The standard InChI is InChI=1S/C14H20N2O/c1-3-16(4-2)14-7-5-12(6-8-14)9-13(10-15)11-17/h5-8,13,17H,3-4,9,11H2,1-2H3. The third-order valence-electron chi connectivity index (χ3n) is 2.95. The van der Waals surface area contributed by atoms with Crippen LogP contribution in [0.25, 0.3) is 0 Å². The number of nitriles is 1. The van der Waals surface area contributed by atoms with E-state index < -0.39 is 0 Å². The van der Waals surface area contributed by atoms with E-state index in [0.717, 1.165) is 18.7 Å². The molecule has 0 fully saturated rings. The van der Waals surface area contributed by atoms with Gasteiger partial charge in [0.1, 0.15) is 0 Å². The van der Waals surface area contributed by atoms with Crippen LogP contribution in [0, 0.1) is 17.2 Å². The average Bonchev–Trinajstić information content (AvgIpc) is 2.39. The first-order valence-corrected chi connectivity index (χ1v) is 6.09. The first-order valence-electron chi connectivity index (χ1n) is 6.09. The van der Waals surface area contributed by atoms with Crippen LogP contribution in [0.15, 0.2) is 24.3 Å². The Hall–Kier alpha value is -1.53. The molecule has 0 aliphatic carbocycles. The Bertz CT molecular complexity index is 363. The first-order chi connectivity index (χ1) is 8.24. The van der Waals surface area contributed by atoms with Gasteiger partial charge in [-0.15, -0.1) is 0 Å². The molecule has 0 bridgehead atoms. The van der Waals surface area contributed by atoms with Crippen molar-refractivity contribution < 1.29 is 5.11 Å². The molecule has 3 nitrogen and oxygen atoms in total. The van der Waals surface area contributed by atoms with Crippen LogP contribution >= 0.6 is 0 Å². The van der Waals surface area contributed by atoms with Crippen LogP contribution < -0.4 is 4.90 Å². The van der Waals surface area contributed by atoms with E-state index in [-0.39, 0.29) is 12.5 Å². The summed E-state index contributed by atoms with van der Waals surface area (Å²) >= 11 is 0. The number of benzene rings is 1. The van der Waals surface area contributed by atoms with Crippen LogP contribution in [-0.4, -0.2) is 24.8 Å². The van der Waals surface area contributed by atoms with Crippen LogP contribution in [0.4, 0.5) is 5.69 Å². The molecule has 0 saturated carbocycles. The molecule has 0 aliphatic rings. The minimum atomic E-state index is -0.297. The number of hydrogen-bond acceptors (Lipinski definition) is 3. The minimum absolute atomic E-state index is 0.0751. The maximum atomic E-state index is 8.98. The van der Waals surface area contributed by atoms with Gasteiger partial charge in [0.05, 0.1) is 18.6 Å². The largest absolute Gasteiger partial charge is 0.395 e. The van der Waals surface area contributed by atoms with Crippen molar-refractivity contribution in [1.82, 2.24) is 0 Å². The molecular weight excluding hydrogens is 212 g/mol. The Morgan fingerprint density at radius 2 is 1.82 bits per heavy atom. The highest BCUT2D eigenvalue weighted by Crippen LogP contribution is 2.16. The van der Waals surface area contributed by atoms with Gasteiger partial charge < -0.3 is 10.0 Å². The van der Waals surface area contributed by atoms with E-state index >= 15 is 0 Å². The second kappa shape index (κ2) is 6.93. The van der Waals surface area contributed by atoms with Gasteiger partial charge in [-0.05, 0) is 38.0 Å². The van der Waals surface area contributed by atoms with Crippen molar-refractivity contribution in [2.24, 2.45) is 5.92 Å². The molecule has 1 rings (SSSR count). The second-order valence-corrected chi connectivity index (χ2v) is 4.05. The molecule has 0 amide bonds. The van der Waals surface area contributed by atoms with Gasteiger partial charge >= 0.3 is 0 Å². The molecule has 1 aromatic rings. The third-order valence-corrected chi connectivity index (χ3v) is 2.95. The highest BCUT2D eigenvalue weighted by molar-refractivity contribution is 5.47. The predicted octanol–water partition coefficient (Wildman–Crippen LogP) is 2.21. The Morgan fingerprint density at radius 3 is 2.24 bits per heavy atom. The monoisotopic (exact) mass is 232 g/mol. The summed E-state index contributed by atoms with van der Waals surface area (Å²) in [4.78, 5) is 2.28. The molecular formula is C14H20N2O. The van der Waals surface area contributed by atoms with E-state index in [9.17, 15) is 0 Å². The van der Waals surface area contributed by atoms with Gasteiger partial charge in [-0.1, -0.05) is 12.1 Å². The van der Waals surface area contributed by atoms with E-state index in [2.05, 4.69) is 36.9 Å². The number of nitrogens with zero attached hydrogens (tertiary/aromatic N) is 2. The molecule has 0 aromatic heterocycles. The number of hydrogen-bond donors (Lipinski definition) is 1. The summed E-state index contributed by atoms with van der Waals surface area (Å²) in [6.07, 6.45) is 0.617. The van der Waals surface area contributed by atoms with Crippen molar-refractivity contribution in [3.63, 3.8) is 0 Å².